The van der Waals surface area contributed by atoms with Gasteiger partial charge in [-0.3, -0.25) is 33.7 Å². The average Bonchev–Trinajstić information content (AvgIpc) is 3.59. The number of nitrogens with zero attached hydrogens (tertiary/aromatic N) is 5. The molecule has 6 rings (SSSR count). The number of ether oxygens (including phenoxy) is 2. The summed E-state index contributed by atoms with van der Waals surface area (Å²) in [6.45, 7) is 2.18. The van der Waals surface area contributed by atoms with E-state index in [1.54, 1.807) is 65.7 Å². The summed E-state index contributed by atoms with van der Waals surface area (Å²) >= 11 is 6.70. The zero-order valence-corrected chi connectivity index (χ0v) is 43.6. The Morgan fingerprint density at radius 1 is 0.829 bits per heavy atom. The molecule has 2 fully saturated rings. The van der Waals surface area contributed by atoms with Crippen molar-refractivity contribution >= 4 is 41.4 Å². The van der Waals surface area contributed by atoms with Crippen LogP contribution in [0.1, 0.15) is 62.8 Å². The molecule has 4 aromatic rings. The number of carbonyl (C=O) groups is 4. The summed E-state index contributed by atoms with van der Waals surface area (Å²) in [5.74, 6) is 4.02. The molecule has 16 nitrogen and oxygen atoms in total. The van der Waals surface area contributed by atoms with Crippen molar-refractivity contribution in [3.8, 4) is 23.1 Å². The van der Waals surface area contributed by atoms with Crippen molar-refractivity contribution in [1.29, 1.82) is 0 Å². The van der Waals surface area contributed by atoms with Gasteiger partial charge in [-0.1, -0.05) is 69.3 Å². The van der Waals surface area contributed by atoms with Crippen LogP contribution in [-0.4, -0.2) is 145 Å². The largest absolute Gasteiger partial charge is 0.453 e. The second kappa shape index (κ2) is 25.4. The number of anilines is 1. The van der Waals surface area contributed by atoms with Crippen molar-refractivity contribution in [2.45, 2.75) is 96.0 Å². The number of alkyl carbamates (subject to hydrolysis) is 2. The second-order valence-corrected chi connectivity index (χ2v) is 20.6. The molecule has 2 saturated heterocycles. The highest BCUT2D eigenvalue weighted by Crippen LogP contribution is 2.35. The molecular weight excluding hydrogens is 1020 g/mol. The molecular formula is C53H62ClF6N9O7. The number of pyridine rings is 2. The summed E-state index contributed by atoms with van der Waals surface area (Å²) in [6.07, 6.45) is -3.70. The Kier molecular flexibility index (Phi) is 19.6. The van der Waals surface area contributed by atoms with Gasteiger partial charge in [-0.2, -0.15) is 13.2 Å². The van der Waals surface area contributed by atoms with Crippen LogP contribution in [0.2, 0.25) is 5.02 Å². The number of methoxy groups -OCH3 is 2. The number of aromatic nitrogens is 2. The third kappa shape index (κ3) is 15.5. The fourth-order valence-corrected chi connectivity index (χ4v) is 9.32. The highest BCUT2D eigenvalue weighted by molar-refractivity contribution is 6.31. The molecule has 2 bridgehead atoms. The number of halogens is 7. The first-order chi connectivity index (χ1) is 35.9. The zero-order valence-electron chi connectivity index (χ0n) is 42.8. The van der Waals surface area contributed by atoms with E-state index in [0.717, 1.165) is 19.2 Å². The molecule has 6 atom stereocenters. The number of hydrogen-bond acceptors (Lipinski definition) is 12. The number of hydrogen-bond donors (Lipinski definition) is 5. The van der Waals surface area contributed by atoms with Crippen LogP contribution >= 0.6 is 11.6 Å². The molecule has 4 amide bonds. The van der Waals surface area contributed by atoms with E-state index in [1.807, 2.05) is 4.90 Å². The molecule has 0 spiro atoms. The van der Waals surface area contributed by atoms with Gasteiger partial charge >= 0.3 is 18.4 Å². The first kappa shape index (κ1) is 58.6. The minimum Gasteiger partial charge on any atom is -0.453 e. The summed E-state index contributed by atoms with van der Waals surface area (Å²) in [4.78, 5) is 65.5. The molecule has 2 aliphatic heterocycles. The molecule has 2 unspecified atom stereocenters. The average molecular weight is 1090 g/mol. The lowest BCUT2D eigenvalue weighted by Crippen LogP contribution is -2.61. The molecule has 2 aromatic carbocycles. The quantitative estimate of drug-likeness (QED) is 0.0350. The van der Waals surface area contributed by atoms with Crippen LogP contribution in [0.25, 0.3) is 11.3 Å². The summed E-state index contributed by atoms with van der Waals surface area (Å²) in [5, 5.41) is 20.6. The molecule has 0 aliphatic carbocycles. The third-order valence-corrected chi connectivity index (χ3v) is 13.8. The normalized spacial score (nSPS) is 17.4. The molecule has 410 valence electrons. The maximum atomic E-state index is 16.2. The lowest BCUT2D eigenvalue weighted by Gasteiger charge is -2.41. The molecule has 2 aliphatic rings. The van der Waals surface area contributed by atoms with E-state index in [2.05, 4.69) is 43.2 Å². The van der Waals surface area contributed by atoms with Crippen LogP contribution in [0, 0.1) is 28.5 Å². The Morgan fingerprint density at radius 2 is 1.42 bits per heavy atom. The number of nitrogens with one attached hydrogen (secondary N) is 4. The fraction of sp³-hybridized carbons (Fsp3) is 0.472. The molecule has 4 heterocycles. The smallest absolute Gasteiger partial charge is 0.407 e. The topological polar surface area (TPSA) is 191 Å². The molecule has 0 saturated carbocycles. The van der Waals surface area contributed by atoms with E-state index in [0.29, 0.717) is 59.7 Å². The number of rotatable bonds is 20. The molecule has 5 N–H and O–H groups in total. The van der Waals surface area contributed by atoms with Gasteiger partial charge in [-0.05, 0) is 73.4 Å². The SMILES string of the molecule is COC(=O)N[C@H](C(=O)N[C@@H](Cc1ccc(C#Cc2ccc(N3CC4CCC(C3)N4CC(F)(F)F)nc2)cc1)[C@@H](O)CN(Cc1c(F)cc(-c2ccccn2)cc1Cl)NC(=O)[C@@H](NC(=O)OC)C(C)(C)CF)C(C)(C)CF. The number of aliphatic hydroxyl groups is 1. The van der Waals surface area contributed by atoms with Crippen molar-refractivity contribution in [2.75, 3.05) is 58.6 Å². The highest BCUT2D eigenvalue weighted by atomic mass is 35.5. The summed E-state index contributed by atoms with van der Waals surface area (Å²) in [7, 11) is 2.11. The van der Waals surface area contributed by atoms with E-state index in [4.69, 9.17) is 21.1 Å². The van der Waals surface area contributed by atoms with Crippen molar-refractivity contribution in [2.24, 2.45) is 10.8 Å². The van der Waals surface area contributed by atoms with Crippen LogP contribution in [0.3, 0.4) is 0 Å². The number of hydrazine groups is 1. The van der Waals surface area contributed by atoms with Crippen LogP contribution in [0.4, 0.5) is 41.7 Å². The number of alkyl halides is 5. The minimum atomic E-state index is -4.27. The lowest BCUT2D eigenvalue weighted by atomic mass is 9.84. The number of amides is 4. The van der Waals surface area contributed by atoms with E-state index in [9.17, 15) is 46.2 Å². The van der Waals surface area contributed by atoms with Crippen molar-refractivity contribution in [1.82, 2.24) is 41.3 Å². The van der Waals surface area contributed by atoms with Gasteiger partial charge in [0.05, 0.1) is 52.0 Å². The summed E-state index contributed by atoms with van der Waals surface area (Å²) in [6, 6.07) is 13.1. The van der Waals surface area contributed by atoms with Gasteiger partial charge in [0.15, 0.2) is 0 Å². The summed E-state index contributed by atoms with van der Waals surface area (Å²) < 4.78 is 94.2. The Bertz CT molecular complexity index is 2680. The van der Waals surface area contributed by atoms with E-state index in [1.165, 1.54) is 46.0 Å². The Morgan fingerprint density at radius 3 is 1.95 bits per heavy atom. The maximum absolute atomic E-state index is 16.2. The Labute approximate surface area is 442 Å². The molecule has 0 radical (unpaired) electrons. The number of fused-ring (bicyclic) bond motifs is 2. The lowest BCUT2D eigenvalue weighted by molar-refractivity contribution is -0.153. The zero-order chi connectivity index (χ0) is 55.5. The molecule has 76 heavy (non-hydrogen) atoms. The van der Waals surface area contributed by atoms with Crippen molar-refractivity contribution < 1.29 is 60.1 Å². The number of aliphatic hydroxyl groups excluding tert-OH is 1. The van der Waals surface area contributed by atoms with Gasteiger partial charge in [0, 0.05) is 88.8 Å². The predicted molar refractivity (Wildman–Crippen MR) is 271 cm³/mol. The first-order valence-electron chi connectivity index (χ1n) is 24.3. The number of benzene rings is 2. The van der Waals surface area contributed by atoms with Gasteiger partial charge in [0.25, 0.3) is 5.91 Å². The second-order valence-electron chi connectivity index (χ2n) is 20.2. The first-order valence-corrected chi connectivity index (χ1v) is 24.7. The van der Waals surface area contributed by atoms with Crippen LogP contribution < -0.4 is 26.3 Å². The van der Waals surface area contributed by atoms with Gasteiger partial charge in [-0.25, -0.2) is 24.0 Å². The standard InChI is InChI=1S/C53H62ClF6N9O7/c1-51(2,29-55)45(64-49(73)75-5)47(71)63-42(21-33-13-10-32(11-14-33)12-15-34-16-19-44(62-24-34)67-25-36-17-18-37(26-67)69(36)31-53(58,59)60)43(70)28-68(66-48(72)46(52(3,4)30-56)65-50(74)76-6)27-38-39(54)22-35(23-40(38)57)41-9-7-8-20-61-41/h7-11,13-14,16,19-20,22-24,36-37,42-43,45-46,70H,17-18,21,25-31H2,1-6H3,(H,63,71)(H,64,73)(H,65,74)(H,66,72)/t36?,37?,42-,43-,45+,46+/m0/s1. The molecule has 2 aromatic heterocycles. The predicted octanol–water partition coefficient (Wildman–Crippen LogP) is 6.91. The van der Waals surface area contributed by atoms with Crippen molar-refractivity contribution in [3.63, 3.8) is 0 Å². The van der Waals surface area contributed by atoms with Gasteiger partial charge < -0.3 is 35.4 Å². The Balaban J connectivity index is 1.27. The van der Waals surface area contributed by atoms with E-state index < -0.39 is 104 Å². The highest BCUT2D eigenvalue weighted by Gasteiger charge is 2.46. The van der Waals surface area contributed by atoms with Crippen LogP contribution in [0.15, 0.2) is 79.1 Å². The van der Waals surface area contributed by atoms with Crippen molar-refractivity contribution in [3.05, 3.63) is 112 Å². The Hall–Kier alpha value is -6.67. The number of piperazine rings is 1. The maximum Gasteiger partial charge on any atom is 0.407 e. The van der Waals surface area contributed by atoms with Gasteiger partial charge in [-0.15, -0.1) is 0 Å². The van der Waals surface area contributed by atoms with Crippen LogP contribution in [0.5, 0.6) is 0 Å². The van der Waals surface area contributed by atoms with Gasteiger partial charge in [0.1, 0.15) is 23.7 Å². The van der Waals surface area contributed by atoms with Gasteiger partial charge in [0.2, 0.25) is 5.91 Å². The number of carbonyl (C=O) groups excluding carboxylic acids is 4. The summed E-state index contributed by atoms with van der Waals surface area (Å²) in [5.41, 5.74) is 1.79. The fourth-order valence-electron chi connectivity index (χ4n) is 9.05. The third-order valence-electron chi connectivity index (χ3n) is 13.4. The van der Waals surface area contributed by atoms with E-state index in [-0.39, 0.29) is 29.1 Å². The molecule has 23 heteroatoms. The van der Waals surface area contributed by atoms with E-state index >= 15 is 4.39 Å². The monoisotopic (exact) mass is 1090 g/mol. The van der Waals surface area contributed by atoms with Crippen LogP contribution in [-0.2, 0) is 32.0 Å². The minimum absolute atomic E-state index is 0.0969.